The number of carbonyl (C=O) groups excluding carboxylic acids is 1. The molecule has 0 radical (unpaired) electrons. The number of anilines is 1. The Bertz CT molecular complexity index is 585. The number of benzene rings is 1. The van der Waals surface area contributed by atoms with Gasteiger partial charge in [-0.3, -0.25) is 4.79 Å². The molecule has 0 aliphatic carbocycles. The number of nitrogens with two attached hydrogens (primary N) is 1. The fourth-order valence-corrected chi connectivity index (χ4v) is 1.74. The standard InChI is InChI=1S/C11H12N2O3S/c1-3-4-11(14)13-10-7-9(17(12,15)16)6-5-8(10)2/h1,5-7H,4H2,2H3,(H,13,14)(H2,12,15,16). The average Bonchev–Trinajstić information content (AvgIpc) is 2.20. The summed E-state index contributed by atoms with van der Waals surface area (Å²) < 4.78 is 22.3. The molecule has 0 unspecified atom stereocenters. The number of carbonyl (C=O) groups is 1. The second kappa shape index (κ2) is 4.99. The molecule has 0 heterocycles. The van der Waals surface area contributed by atoms with Crippen LogP contribution in [-0.2, 0) is 14.8 Å². The van der Waals surface area contributed by atoms with E-state index < -0.39 is 10.0 Å². The van der Waals surface area contributed by atoms with Crippen LogP contribution in [0, 0.1) is 19.3 Å². The van der Waals surface area contributed by atoms with Gasteiger partial charge in [0.25, 0.3) is 0 Å². The van der Waals surface area contributed by atoms with Crippen molar-refractivity contribution < 1.29 is 13.2 Å². The molecule has 0 aliphatic heterocycles. The molecule has 0 spiro atoms. The largest absolute Gasteiger partial charge is 0.325 e. The van der Waals surface area contributed by atoms with Gasteiger partial charge in [0.05, 0.1) is 11.3 Å². The summed E-state index contributed by atoms with van der Waals surface area (Å²) in [4.78, 5) is 11.2. The van der Waals surface area contributed by atoms with Crippen molar-refractivity contribution in [2.24, 2.45) is 5.14 Å². The minimum atomic E-state index is -3.78. The molecule has 1 aromatic rings. The Labute approximate surface area is 100 Å². The zero-order valence-corrected chi connectivity index (χ0v) is 10.0. The molecule has 5 nitrogen and oxygen atoms in total. The van der Waals surface area contributed by atoms with Crippen molar-refractivity contribution in [3.8, 4) is 12.3 Å². The van der Waals surface area contributed by atoms with Crippen LogP contribution in [0.5, 0.6) is 0 Å². The number of aryl methyl sites for hydroxylation is 1. The smallest absolute Gasteiger partial charge is 0.238 e. The molecule has 90 valence electrons. The van der Waals surface area contributed by atoms with E-state index in [1.807, 2.05) is 0 Å². The zero-order valence-electron chi connectivity index (χ0n) is 9.23. The van der Waals surface area contributed by atoms with E-state index >= 15 is 0 Å². The lowest BCUT2D eigenvalue weighted by Gasteiger charge is -2.08. The normalized spacial score (nSPS) is 10.6. The van der Waals surface area contributed by atoms with Crippen LogP contribution in [-0.4, -0.2) is 14.3 Å². The van der Waals surface area contributed by atoms with Crippen LogP contribution in [0.25, 0.3) is 0 Å². The lowest BCUT2D eigenvalue weighted by molar-refractivity contribution is -0.115. The Hall–Kier alpha value is -1.84. The molecule has 0 fully saturated rings. The van der Waals surface area contributed by atoms with Gasteiger partial charge in [-0.15, -0.1) is 6.42 Å². The van der Waals surface area contributed by atoms with Crippen molar-refractivity contribution in [1.82, 2.24) is 0 Å². The Morgan fingerprint density at radius 2 is 2.18 bits per heavy atom. The maximum atomic E-state index is 11.3. The Balaban J connectivity index is 3.08. The highest BCUT2D eigenvalue weighted by atomic mass is 32.2. The summed E-state index contributed by atoms with van der Waals surface area (Å²) in [5.74, 6) is 1.82. The van der Waals surface area contributed by atoms with E-state index in [2.05, 4.69) is 11.2 Å². The Kier molecular flexibility index (Phi) is 3.89. The minimum absolute atomic E-state index is 0.0564. The molecule has 0 atom stereocenters. The zero-order chi connectivity index (χ0) is 13.1. The van der Waals surface area contributed by atoms with E-state index in [1.165, 1.54) is 12.1 Å². The maximum Gasteiger partial charge on any atom is 0.238 e. The summed E-state index contributed by atoms with van der Waals surface area (Å²) in [6, 6.07) is 4.24. The van der Waals surface area contributed by atoms with E-state index in [4.69, 9.17) is 11.6 Å². The number of nitrogens with one attached hydrogen (secondary N) is 1. The first-order valence-electron chi connectivity index (χ1n) is 4.71. The number of terminal acetylenes is 1. The Morgan fingerprint density at radius 3 is 2.71 bits per heavy atom. The molecule has 3 N–H and O–H groups in total. The van der Waals surface area contributed by atoms with Gasteiger partial charge in [0.15, 0.2) is 0 Å². The van der Waals surface area contributed by atoms with Gasteiger partial charge in [-0.05, 0) is 24.6 Å². The fourth-order valence-electron chi connectivity index (χ4n) is 1.20. The van der Waals surface area contributed by atoms with Gasteiger partial charge in [0.1, 0.15) is 0 Å². The average molecular weight is 252 g/mol. The monoisotopic (exact) mass is 252 g/mol. The third-order valence-corrected chi connectivity index (χ3v) is 2.99. The maximum absolute atomic E-state index is 11.3. The second-order valence-corrected chi connectivity index (χ2v) is 5.01. The van der Waals surface area contributed by atoms with Crippen LogP contribution in [0.15, 0.2) is 23.1 Å². The lowest BCUT2D eigenvalue weighted by Crippen LogP contribution is -2.15. The molecule has 0 aliphatic rings. The molecule has 0 saturated heterocycles. The summed E-state index contributed by atoms with van der Waals surface area (Å²) in [7, 11) is -3.78. The van der Waals surface area contributed by atoms with Crippen molar-refractivity contribution in [2.45, 2.75) is 18.2 Å². The summed E-state index contributed by atoms with van der Waals surface area (Å²) in [5.41, 5.74) is 1.11. The predicted molar refractivity (Wildman–Crippen MR) is 64.6 cm³/mol. The van der Waals surface area contributed by atoms with Crippen LogP contribution in [0.2, 0.25) is 0 Å². The lowest BCUT2D eigenvalue weighted by atomic mass is 10.2. The van der Waals surface area contributed by atoms with Crippen LogP contribution in [0.3, 0.4) is 0 Å². The van der Waals surface area contributed by atoms with Gasteiger partial charge in [-0.2, -0.15) is 0 Å². The first-order chi connectivity index (χ1) is 7.84. The summed E-state index contributed by atoms with van der Waals surface area (Å²) >= 11 is 0. The van der Waals surface area contributed by atoms with E-state index in [0.29, 0.717) is 5.69 Å². The summed E-state index contributed by atoms with van der Waals surface area (Å²) in [5, 5.41) is 7.51. The first kappa shape index (κ1) is 13.2. The third-order valence-electron chi connectivity index (χ3n) is 2.07. The molecule has 1 rings (SSSR count). The van der Waals surface area contributed by atoms with Crippen LogP contribution in [0.1, 0.15) is 12.0 Å². The predicted octanol–water partition coefficient (Wildman–Crippen LogP) is 0.604. The highest BCUT2D eigenvalue weighted by Gasteiger charge is 2.11. The summed E-state index contributed by atoms with van der Waals surface area (Å²) in [6.07, 6.45) is 4.92. The first-order valence-corrected chi connectivity index (χ1v) is 6.26. The highest BCUT2D eigenvalue weighted by Crippen LogP contribution is 2.19. The van der Waals surface area contributed by atoms with E-state index in [1.54, 1.807) is 13.0 Å². The molecule has 1 amide bonds. The summed E-state index contributed by atoms with van der Waals surface area (Å²) in [6.45, 7) is 1.73. The molecular weight excluding hydrogens is 240 g/mol. The molecular formula is C11H12N2O3S. The molecule has 1 aromatic carbocycles. The van der Waals surface area contributed by atoms with Crippen LogP contribution in [0.4, 0.5) is 5.69 Å². The molecule has 0 saturated carbocycles. The van der Waals surface area contributed by atoms with Crippen molar-refractivity contribution >= 4 is 21.6 Å². The second-order valence-electron chi connectivity index (χ2n) is 3.45. The van der Waals surface area contributed by atoms with Gasteiger partial charge in [0, 0.05) is 5.69 Å². The topological polar surface area (TPSA) is 89.3 Å². The quantitative estimate of drug-likeness (QED) is 0.772. The third kappa shape index (κ3) is 3.59. The minimum Gasteiger partial charge on any atom is -0.325 e. The SMILES string of the molecule is C#CCC(=O)Nc1cc(S(N)(=O)=O)ccc1C. The Morgan fingerprint density at radius 1 is 1.53 bits per heavy atom. The number of hydrogen-bond acceptors (Lipinski definition) is 3. The van der Waals surface area contributed by atoms with E-state index in [0.717, 1.165) is 5.56 Å². The molecule has 6 heteroatoms. The number of amides is 1. The van der Waals surface area contributed by atoms with Gasteiger partial charge < -0.3 is 5.32 Å². The number of sulfonamides is 1. The van der Waals surface area contributed by atoms with Crippen molar-refractivity contribution in [3.63, 3.8) is 0 Å². The van der Waals surface area contributed by atoms with Gasteiger partial charge in [-0.25, -0.2) is 13.6 Å². The van der Waals surface area contributed by atoms with Gasteiger partial charge in [0.2, 0.25) is 15.9 Å². The van der Waals surface area contributed by atoms with E-state index in [-0.39, 0.29) is 17.2 Å². The number of rotatable bonds is 3. The number of primary sulfonamides is 1. The van der Waals surface area contributed by atoms with Crippen LogP contribution >= 0.6 is 0 Å². The van der Waals surface area contributed by atoms with Crippen molar-refractivity contribution in [2.75, 3.05) is 5.32 Å². The molecule has 17 heavy (non-hydrogen) atoms. The van der Waals surface area contributed by atoms with Gasteiger partial charge in [-0.1, -0.05) is 12.0 Å². The van der Waals surface area contributed by atoms with E-state index in [9.17, 15) is 13.2 Å². The fraction of sp³-hybridized carbons (Fsp3) is 0.182. The molecule has 0 aromatic heterocycles. The number of hydrogen-bond donors (Lipinski definition) is 2. The van der Waals surface area contributed by atoms with Crippen molar-refractivity contribution in [3.05, 3.63) is 23.8 Å². The van der Waals surface area contributed by atoms with Crippen LogP contribution < -0.4 is 10.5 Å². The van der Waals surface area contributed by atoms with Crippen molar-refractivity contribution in [1.29, 1.82) is 0 Å². The molecule has 0 bridgehead atoms. The highest BCUT2D eigenvalue weighted by molar-refractivity contribution is 7.89. The van der Waals surface area contributed by atoms with Gasteiger partial charge >= 0.3 is 0 Å².